The lowest BCUT2D eigenvalue weighted by molar-refractivity contribution is -0.137. The smallest absolute Gasteiger partial charge is 0.297 e. The SMILES string of the molecule is [C-]#[N+]c1ccc(CC(=O)C2(n3cc(F)cn3)CCC2)cc1C(F)(F)F. The standard InChI is InChI=1S/C17H13F4N3O/c1-22-14-4-3-11(7-13(14)17(19,20)21)8-15(25)16(5-2-6-16)24-10-12(18)9-23-24/h3-4,7,9-10H,2,5-6,8H2. The Balaban J connectivity index is 1.89. The average molecular weight is 351 g/mol. The van der Waals surface area contributed by atoms with E-state index in [4.69, 9.17) is 6.57 Å². The van der Waals surface area contributed by atoms with Gasteiger partial charge in [-0.1, -0.05) is 18.2 Å². The quantitative estimate of drug-likeness (QED) is 0.609. The third-order valence-corrected chi connectivity index (χ3v) is 4.54. The van der Waals surface area contributed by atoms with Crippen LogP contribution < -0.4 is 0 Å². The highest BCUT2D eigenvalue weighted by molar-refractivity contribution is 5.89. The van der Waals surface area contributed by atoms with Crippen molar-refractivity contribution in [3.05, 3.63) is 59.0 Å². The molecule has 1 heterocycles. The highest BCUT2D eigenvalue weighted by Gasteiger charge is 2.46. The molecular formula is C17H13F4N3O. The molecule has 2 aromatic rings. The molecule has 1 aliphatic rings. The molecule has 8 heteroatoms. The number of halogens is 4. The van der Waals surface area contributed by atoms with Crippen molar-refractivity contribution >= 4 is 11.5 Å². The molecule has 0 N–H and O–H groups in total. The van der Waals surface area contributed by atoms with E-state index in [1.807, 2.05) is 0 Å². The second-order valence-corrected chi connectivity index (χ2v) is 6.05. The average Bonchev–Trinajstić information content (AvgIpc) is 2.92. The molecule has 0 bridgehead atoms. The summed E-state index contributed by atoms with van der Waals surface area (Å²) >= 11 is 0. The van der Waals surface area contributed by atoms with Gasteiger partial charge in [0.15, 0.2) is 17.3 Å². The van der Waals surface area contributed by atoms with E-state index >= 15 is 0 Å². The minimum absolute atomic E-state index is 0.170. The van der Waals surface area contributed by atoms with Crippen molar-refractivity contribution in [1.82, 2.24) is 9.78 Å². The van der Waals surface area contributed by atoms with Gasteiger partial charge in [0, 0.05) is 6.42 Å². The lowest BCUT2D eigenvalue weighted by atomic mass is 9.72. The maximum Gasteiger partial charge on any atom is 0.407 e. The molecule has 0 atom stereocenters. The molecule has 1 fully saturated rings. The van der Waals surface area contributed by atoms with Crippen molar-refractivity contribution in [3.8, 4) is 0 Å². The lowest BCUT2D eigenvalue weighted by Gasteiger charge is -2.40. The van der Waals surface area contributed by atoms with Gasteiger partial charge >= 0.3 is 6.18 Å². The van der Waals surface area contributed by atoms with Crippen molar-refractivity contribution in [2.75, 3.05) is 0 Å². The van der Waals surface area contributed by atoms with Crippen molar-refractivity contribution in [1.29, 1.82) is 0 Å². The van der Waals surface area contributed by atoms with Crippen LogP contribution in [0.1, 0.15) is 30.4 Å². The Labute approximate surface area is 140 Å². The molecule has 0 saturated heterocycles. The largest absolute Gasteiger partial charge is 0.407 e. The van der Waals surface area contributed by atoms with Crippen LogP contribution in [-0.2, 0) is 22.9 Å². The Morgan fingerprint density at radius 2 is 2.08 bits per heavy atom. The van der Waals surface area contributed by atoms with Gasteiger partial charge in [-0.2, -0.15) is 18.3 Å². The number of hydrogen-bond acceptors (Lipinski definition) is 2. The number of Topliss-reactive ketones (excluding diaryl/α,β-unsaturated/α-hetero) is 1. The predicted octanol–water partition coefficient (Wildman–Crippen LogP) is 4.28. The van der Waals surface area contributed by atoms with Crippen LogP contribution in [0.2, 0.25) is 0 Å². The van der Waals surface area contributed by atoms with Gasteiger partial charge in [0.2, 0.25) is 0 Å². The fraction of sp³-hybridized carbons (Fsp3) is 0.353. The monoisotopic (exact) mass is 351 g/mol. The molecule has 1 aromatic carbocycles. The molecule has 3 rings (SSSR count). The minimum atomic E-state index is -4.67. The van der Waals surface area contributed by atoms with Gasteiger partial charge < -0.3 is 0 Å². The van der Waals surface area contributed by atoms with Gasteiger partial charge in [0.1, 0.15) is 5.54 Å². The van der Waals surface area contributed by atoms with Crippen molar-refractivity contribution < 1.29 is 22.4 Å². The Bertz CT molecular complexity index is 860. The Morgan fingerprint density at radius 1 is 1.36 bits per heavy atom. The number of benzene rings is 1. The van der Waals surface area contributed by atoms with Crippen LogP contribution in [0, 0.1) is 12.4 Å². The van der Waals surface area contributed by atoms with Gasteiger partial charge in [-0.15, -0.1) is 0 Å². The number of carbonyl (C=O) groups is 1. The van der Waals surface area contributed by atoms with E-state index in [1.165, 1.54) is 10.7 Å². The van der Waals surface area contributed by atoms with E-state index in [-0.39, 0.29) is 17.8 Å². The van der Waals surface area contributed by atoms with Crippen LogP contribution in [0.25, 0.3) is 4.85 Å². The topological polar surface area (TPSA) is 39.2 Å². The second-order valence-electron chi connectivity index (χ2n) is 6.05. The fourth-order valence-corrected chi connectivity index (χ4v) is 3.05. The maximum absolute atomic E-state index is 13.2. The summed E-state index contributed by atoms with van der Waals surface area (Å²) in [5.41, 5.74) is -2.39. The van der Waals surface area contributed by atoms with E-state index in [0.29, 0.717) is 12.8 Å². The molecule has 130 valence electrons. The summed E-state index contributed by atoms with van der Waals surface area (Å²) in [6.45, 7) is 6.84. The van der Waals surface area contributed by atoms with Gasteiger partial charge in [-0.25, -0.2) is 9.24 Å². The first-order chi connectivity index (χ1) is 11.8. The summed E-state index contributed by atoms with van der Waals surface area (Å²) in [4.78, 5) is 15.6. The number of rotatable bonds is 4. The first kappa shape index (κ1) is 17.1. The van der Waals surface area contributed by atoms with E-state index in [0.717, 1.165) is 30.9 Å². The summed E-state index contributed by atoms with van der Waals surface area (Å²) in [5, 5.41) is 3.86. The summed E-state index contributed by atoms with van der Waals surface area (Å²) in [5.74, 6) is -0.884. The number of hydrogen-bond donors (Lipinski definition) is 0. The number of aromatic nitrogens is 2. The molecule has 0 unspecified atom stereocenters. The van der Waals surface area contributed by atoms with Crippen molar-refractivity contribution in [2.45, 2.75) is 37.4 Å². The normalized spacial score (nSPS) is 16.1. The van der Waals surface area contributed by atoms with Crippen LogP contribution >= 0.6 is 0 Å². The summed E-state index contributed by atoms with van der Waals surface area (Å²) < 4.78 is 53.6. The molecular weight excluding hydrogens is 338 g/mol. The maximum atomic E-state index is 13.2. The molecule has 1 saturated carbocycles. The molecule has 1 aromatic heterocycles. The van der Waals surface area contributed by atoms with Crippen LogP contribution in [0.5, 0.6) is 0 Å². The highest BCUT2D eigenvalue weighted by atomic mass is 19.4. The van der Waals surface area contributed by atoms with Gasteiger partial charge in [-0.3, -0.25) is 9.48 Å². The highest BCUT2D eigenvalue weighted by Crippen LogP contribution is 2.41. The minimum Gasteiger partial charge on any atom is -0.297 e. The summed E-state index contributed by atoms with van der Waals surface area (Å²) in [6, 6.07) is 3.25. The Kier molecular flexibility index (Phi) is 4.11. The van der Waals surface area contributed by atoms with E-state index < -0.39 is 28.8 Å². The predicted molar refractivity (Wildman–Crippen MR) is 80.4 cm³/mol. The van der Waals surface area contributed by atoms with Crippen molar-refractivity contribution in [3.63, 3.8) is 0 Å². The van der Waals surface area contributed by atoms with Crippen LogP contribution in [0.4, 0.5) is 23.2 Å². The molecule has 0 amide bonds. The third-order valence-electron chi connectivity index (χ3n) is 4.54. The number of alkyl halides is 3. The molecule has 0 aliphatic heterocycles. The third kappa shape index (κ3) is 3.02. The first-order valence-electron chi connectivity index (χ1n) is 7.58. The van der Waals surface area contributed by atoms with Crippen LogP contribution in [0.15, 0.2) is 30.6 Å². The number of carbonyl (C=O) groups excluding carboxylic acids is 1. The molecule has 0 radical (unpaired) electrons. The zero-order chi connectivity index (χ0) is 18.2. The zero-order valence-electron chi connectivity index (χ0n) is 13.0. The van der Waals surface area contributed by atoms with Crippen LogP contribution in [-0.4, -0.2) is 15.6 Å². The first-order valence-corrected chi connectivity index (χ1v) is 7.58. The number of ketones is 1. The zero-order valence-corrected chi connectivity index (χ0v) is 13.0. The van der Waals surface area contributed by atoms with Gasteiger partial charge in [-0.05, 0) is 24.8 Å². The molecule has 25 heavy (non-hydrogen) atoms. The Hall–Kier alpha value is -2.69. The lowest BCUT2D eigenvalue weighted by Crippen LogP contribution is -2.49. The van der Waals surface area contributed by atoms with E-state index in [1.54, 1.807) is 0 Å². The summed E-state index contributed by atoms with van der Waals surface area (Å²) in [6.07, 6.45) is -1.07. The van der Waals surface area contributed by atoms with Crippen LogP contribution in [0.3, 0.4) is 0 Å². The van der Waals surface area contributed by atoms with E-state index in [9.17, 15) is 22.4 Å². The van der Waals surface area contributed by atoms with Gasteiger partial charge in [0.05, 0.1) is 24.5 Å². The molecule has 4 nitrogen and oxygen atoms in total. The Morgan fingerprint density at radius 3 is 2.56 bits per heavy atom. The number of nitrogens with zero attached hydrogens (tertiary/aromatic N) is 3. The summed E-state index contributed by atoms with van der Waals surface area (Å²) in [7, 11) is 0. The van der Waals surface area contributed by atoms with E-state index in [2.05, 4.69) is 9.94 Å². The molecule has 1 aliphatic carbocycles. The van der Waals surface area contributed by atoms with Gasteiger partial charge in [0.25, 0.3) is 0 Å². The van der Waals surface area contributed by atoms with Crippen molar-refractivity contribution in [2.24, 2.45) is 0 Å². The molecule has 0 spiro atoms. The second kappa shape index (κ2) is 5.99. The fourth-order valence-electron chi connectivity index (χ4n) is 3.05.